The molecular weight excluding hydrogens is 449 g/mol. The number of ketones is 1. The zero-order chi connectivity index (χ0) is 23.8. The first-order valence-electron chi connectivity index (χ1n) is 10.7. The van der Waals surface area contributed by atoms with E-state index in [1.807, 2.05) is 0 Å². The van der Waals surface area contributed by atoms with E-state index in [2.05, 4.69) is 4.98 Å². The Morgan fingerprint density at radius 2 is 1.91 bits per heavy atom. The zero-order valence-corrected chi connectivity index (χ0v) is 17.9. The van der Waals surface area contributed by atoms with Gasteiger partial charge in [-0.3, -0.25) is 9.59 Å². The van der Waals surface area contributed by atoms with Crippen LogP contribution in [0.2, 0.25) is 0 Å². The van der Waals surface area contributed by atoms with Crippen LogP contribution in [0.3, 0.4) is 0 Å². The number of aromatic nitrogens is 1. The van der Waals surface area contributed by atoms with Gasteiger partial charge in [0.05, 0.1) is 17.9 Å². The summed E-state index contributed by atoms with van der Waals surface area (Å²) >= 11 is 0. The van der Waals surface area contributed by atoms with Crippen LogP contribution in [0.1, 0.15) is 15.9 Å². The molecule has 0 unspecified atom stereocenters. The molecule has 0 saturated carbocycles. The van der Waals surface area contributed by atoms with Gasteiger partial charge < -0.3 is 14.4 Å². The number of halogens is 3. The van der Waals surface area contributed by atoms with Crippen LogP contribution < -0.4 is 9.47 Å². The molecule has 0 N–H and O–H groups in total. The van der Waals surface area contributed by atoms with Crippen molar-refractivity contribution in [1.29, 1.82) is 0 Å². The zero-order valence-electron chi connectivity index (χ0n) is 17.9. The number of carbonyl (C=O) groups is 2. The number of benzene rings is 2. The number of hydrogen-bond donors (Lipinski definition) is 0. The van der Waals surface area contributed by atoms with Crippen LogP contribution in [0.4, 0.5) is 13.2 Å². The lowest BCUT2D eigenvalue weighted by Crippen LogP contribution is -2.52. The maximum absolute atomic E-state index is 14.5. The lowest BCUT2D eigenvalue weighted by molar-refractivity contribution is -0.121. The van der Waals surface area contributed by atoms with Crippen molar-refractivity contribution >= 4 is 11.7 Å². The number of likely N-dealkylation sites (tertiary alicyclic amines) is 1. The van der Waals surface area contributed by atoms with Gasteiger partial charge in [0.2, 0.25) is 5.95 Å². The molecule has 34 heavy (non-hydrogen) atoms. The molecule has 2 aliphatic heterocycles. The minimum atomic E-state index is -0.701. The number of carbonyl (C=O) groups excluding carboxylic acids is 2. The molecule has 1 saturated heterocycles. The molecule has 2 aromatic carbocycles. The number of Topliss-reactive ketones (excluding diaryl/α,β-unsaturated/α-hetero) is 1. The summed E-state index contributed by atoms with van der Waals surface area (Å²) in [5, 5.41) is 0. The van der Waals surface area contributed by atoms with Crippen molar-refractivity contribution < 1.29 is 32.2 Å². The fraction of sp³-hybridized carbons (Fsp3) is 0.240. The van der Waals surface area contributed by atoms with E-state index in [-0.39, 0.29) is 48.4 Å². The lowest BCUT2D eigenvalue weighted by atomic mass is 9.97. The molecule has 1 amide bonds. The van der Waals surface area contributed by atoms with Crippen LogP contribution >= 0.6 is 0 Å². The van der Waals surface area contributed by atoms with E-state index in [1.165, 1.54) is 35.2 Å². The van der Waals surface area contributed by atoms with E-state index >= 15 is 0 Å². The van der Waals surface area contributed by atoms with Crippen LogP contribution in [-0.4, -0.2) is 47.9 Å². The molecule has 0 bridgehead atoms. The van der Waals surface area contributed by atoms with E-state index in [9.17, 15) is 22.8 Å². The molecule has 0 aliphatic carbocycles. The number of pyridine rings is 1. The molecule has 3 aromatic rings. The highest BCUT2D eigenvalue weighted by atomic mass is 19.1. The molecule has 1 fully saturated rings. The molecule has 3 heterocycles. The van der Waals surface area contributed by atoms with Crippen LogP contribution in [0, 0.1) is 23.5 Å². The predicted molar refractivity (Wildman–Crippen MR) is 115 cm³/mol. The fourth-order valence-electron chi connectivity index (χ4n) is 4.02. The smallest absolute Gasteiger partial charge is 0.256 e. The minimum Gasteiger partial charge on any atom is -0.490 e. The maximum Gasteiger partial charge on any atom is 0.256 e. The second-order valence-electron chi connectivity index (χ2n) is 8.32. The highest BCUT2D eigenvalue weighted by molar-refractivity contribution is 5.96. The Bertz CT molecular complexity index is 1290. The van der Waals surface area contributed by atoms with Crippen molar-refractivity contribution in [3.8, 4) is 22.8 Å². The first-order valence-corrected chi connectivity index (χ1v) is 10.7. The Balaban J connectivity index is 1.18. The highest BCUT2D eigenvalue weighted by Crippen LogP contribution is 2.30. The van der Waals surface area contributed by atoms with E-state index in [1.54, 1.807) is 12.1 Å². The molecule has 6 nitrogen and oxygen atoms in total. The van der Waals surface area contributed by atoms with Gasteiger partial charge in [0.15, 0.2) is 17.3 Å². The van der Waals surface area contributed by atoms with Crippen LogP contribution in [0.15, 0.2) is 48.5 Å². The van der Waals surface area contributed by atoms with Gasteiger partial charge in [-0.15, -0.1) is 0 Å². The fourth-order valence-corrected chi connectivity index (χ4v) is 4.02. The summed E-state index contributed by atoms with van der Waals surface area (Å²) in [6.45, 7) is 0.737. The summed E-state index contributed by atoms with van der Waals surface area (Å²) in [4.78, 5) is 29.5. The average Bonchev–Trinajstić information content (AvgIpc) is 2.78. The normalized spacial score (nSPS) is 15.4. The van der Waals surface area contributed by atoms with Gasteiger partial charge in [-0.05, 0) is 36.4 Å². The number of nitrogens with zero attached hydrogens (tertiary/aromatic N) is 2. The number of rotatable bonds is 5. The Kier molecular flexibility index (Phi) is 5.69. The summed E-state index contributed by atoms with van der Waals surface area (Å²) in [6.07, 6.45) is 0.103. The van der Waals surface area contributed by atoms with Gasteiger partial charge in [0, 0.05) is 42.6 Å². The molecule has 174 valence electrons. The Labute approximate surface area is 192 Å². The maximum atomic E-state index is 14.5. The first kappa shape index (κ1) is 21.9. The van der Waals surface area contributed by atoms with Crippen LogP contribution in [-0.2, 0) is 11.2 Å². The quantitative estimate of drug-likeness (QED) is 0.533. The Morgan fingerprint density at radius 3 is 2.68 bits per heavy atom. The number of amides is 1. The highest BCUT2D eigenvalue weighted by Gasteiger charge is 2.34. The molecule has 0 spiro atoms. The third-order valence-electron chi connectivity index (χ3n) is 5.82. The Morgan fingerprint density at radius 1 is 1.09 bits per heavy atom. The predicted octanol–water partition coefficient (Wildman–Crippen LogP) is 3.82. The molecule has 0 radical (unpaired) electrons. The summed E-state index contributed by atoms with van der Waals surface area (Å²) in [6, 6.07) is 11.1. The second-order valence-corrected chi connectivity index (χ2v) is 8.32. The number of hydrogen-bond acceptors (Lipinski definition) is 5. The SMILES string of the molecule is O=C1COc2cc(F)c(C(=O)N3CC(COc4ccc(-c5cccc(F)n5)cc4F)C3)cc2C1. The van der Waals surface area contributed by atoms with Crippen molar-refractivity contribution in [2.75, 3.05) is 26.3 Å². The van der Waals surface area contributed by atoms with Crippen molar-refractivity contribution in [3.63, 3.8) is 0 Å². The van der Waals surface area contributed by atoms with E-state index in [0.717, 1.165) is 6.07 Å². The summed E-state index contributed by atoms with van der Waals surface area (Å²) < 4.78 is 53.0. The van der Waals surface area contributed by atoms with Crippen LogP contribution in [0.25, 0.3) is 11.3 Å². The van der Waals surface area contributed by atoms with Crippen molar-refractivity contribution in [2.45, 2.75) is 6.42 Å². The first-order chi connectivity index (χ1) is 16.4. The summed E-state index contributed by atoms with van der Waals surface area (Å²) in [5.41, 5.74) is 1.12. The van der Waals surface area contributed by atoms with Crippen LogP contribution in [0.5, 0.6) is 11.5 Å². The van der Waals surface area contributed by atoms with Crippen molar-refractivity contribution in [2.24, 2.45) is 5.92 Å². The third-order valence-corrected chi connectivity index (χ3v) is 5.82. The monoisotopic (exact) mass is 468 g/mol. The van der Waals surface area contributed by atoms with E-state index < -0.39 is 23.5 Å². The van der Waals surface area contributed by atoms with Crippen molar-refractivity contribution in [1.82, 2.24) is 9.88 Å². The molecule has 2 aliphatic rings. The molecule has 0 atom stereocenters. The number of ether oxygens (including phenoxy) is 2. The minimum absolute atomic E-state index is 0.0373. The standard InChI is InChI=1S/C25H19F3N2O4/c26-19-9-23-16(6-17(31)13-34-23)7-18(19)25(32)30-10-14(11-30)12-33-22-5-4-15(8-20(22)27)21-2-1-3-24(28)29-21/h1-5,7-9,14H,6,10-13H2. The lowest BCUT2D eigenvalue weighted by Gasteiger charge is -2.39. The molecule has 5 rings (SSSR count). The van der Waals surface area contributed by atoms with Crippen molar-refractivity contribution in [3.05, 3.63) is 77.2 Å². The Hall–Kier alpha value is -3.88. The van der Waals surface area contributed by atoms with E-state index in [4.69, 9.17) is 9.47 Å². The van der Waals surface area contributed by atoms with Gasteiger partial charge in [0.25, 0.3) is 5.91 Å². The van der Waals surface area contributed by atoms with Gasteiger partial charge >= 0.3 is 0 Å². The second kappa shape index (κ2) is 8.81. The topological polar surface area (TPSA) is 68.7 Å². The molecule has 1 aromatic heterocycles. The molecule has 9 heteroatoms. The van der Waals surface area contributed by atoms with Gasteiger partial charge in [-0.25, -0.2) is 13.8 Å². The van der Waals surface area contributed by atoms with Gasteiger partial charge in [-0.2, -0.15) is 4.39 Å². The van der Waals surface area contributed by atoms with Gasteiger partial charge in [-0.1, -0.05) is 6.07 Å². The summed E-state index contributed by atoms with van der Waals surface area (Å²) in [7, 11) is 0. The largest absolute Gasteiger partial charge is 0.490 e. The summed E-state index contributed by atoms with van der Waals surface area (Å²) in [5.74, 6) is -2.30. The molecular formula is C25H19F3N2O4. The van der Waals surface area contributed by atoms with E-state index in [0.29, 0.717) is 29.9 Å². The van der Waals surface area contributed by atoms with Gasteiger partial charge in [0.1, 0.15) is 18.2 Å². The third kappa shape index (κ3) is 4.33. The number of fused-ring (bicyclic) bond motifs is 1. The average molecular weight is 468 g/mol.